The maximum atomic E-state index is 10.9. The van der Waals surface area contributed by atoms with Crippen LogP contribution >= 0.6 is 0 Å². The molecule has 0 saturated heterocycles. The van der Waals surface area contributed by atoms with E-state index in [1.165, 1.54) is 7.11 Å². The second kappa shape index (κ2) is 3.14. The van der Waals surface area contributed by atoms with Crippen molar-refractivity contribution in [2.45, 2.75) is 0 Å². The minimum atomic E-state index is -0.300. The molecule has 59 valence electrons. The van der Waals surface area contributed by atoms with Crippen molar-refractivity contribution in [1.29, 1.82) is 0 Å². The topological polar surface area (TPSA) is 32.4 Å². The molecule has 0 amide bonds. The van der Waals surface area contributed by atoms with Crippen LogP contribution in [0.25, 0.3) is 0 Å². The van der Waals surface area contributed by atoms with Crippen LogP contribution < -0.4 is 0 Å². The van der Waals surface area contributed by atoms with Crippen LogP contribution in [0.15, 0.2) is 36.1 Å². The van der Waals surface area contributed by atoms with Crippen molar-refractivity contribution in [2.75, 3.05) is 14.2 Å². The van der Waals surface area contributed by atoms with Crippen LogP contribution in [-0.4, -0.2) is 19.1 Å². The molecule has 11 heavy (non-hydrogen) atoms. The summed E-state index contributed by atoms with van der Waals surface area (Å²) in [5, 5.41) is 10.9. The summed E-state index contributed by atoms with van der Waals surface area (Å²) in [5.41, 5.74) is 0.575. The Hall–Kier alpha value is -1.38. The molecule has 0 bridgehead atoms. The first-order valence-corrected chi connectivity index (χ1v) is 3.27. The fourth-order valence-electron chi connectivity index (χ4n) is 0.755. The Morgan fingerprint density at radius 1 is 1.45 bits per heavy atom. The van der Waals surface area contributed by atoms with E-state index >= 15 is 0 Å². The molecule has 0 spiro atoms. The first-order valence-electron chi connectivity index (χ1n) is 3.27. The molecule has 3 heteroatoms. The zero-order chi connectivity index (χ0) is 8.27. The monoisotopic (exact) mass is 152 g/mol. The molecule has 0 aromatic heterocycles. The lowest BCUT2D eigenvalue weighted by Gasteiger charge is -2.11. The molecule has 0 unspecified atom stereocenters. The number of methoxy groups -OCH3 is 1. The van der Waals surface area contributed by atoms with E-state index in [-0.39, 0.29) is 5.95 Å². The molecular formula is C8H10NO2. The van der Waals surface area contributed by atoms with Gasteiger partial charge in [-0.25, -0.2) is 5.11 Å². The molecule has 1 heterocycles. The molecule has 1 aliphatic heterocycles. The Balaban J connectivity index is 2.79. The van der Waals surface area contributed by atoms with Gasteiger partial charge < -0.3 is 9.64 Å². The predicted molar refractivity (Wildman–Crippen MR) is 40.8 cm³/mol. The van der Waals surface area contributed by atoms with Crippen LogP contribution in [0.3, 0.4) is 0 Å². The number of hydrogen-bond donors (Lipinski definition) is 0. The van der Waals surface area contributed by atoms with E-state index in [9.17, 15) is 5.11 Å². The van der Waals surface area contributed by atoms with Gasteiger partial charge in [0.05, 0.1) is 12.7 Å². The van der Waals surface area contributed by atoms with E-state index in [4.69, 9.17) is 0 Å². The Morgan fingerprint density at radius 2 is 2.00 bits per heavy atom. The first kappa shape index (κ1) is 7.72. The van der Waals surface area contributed by atoms with Crippen molar-refractivity contribution in [3.63, 3.8) is 0 Å². The predicted octanol–water partition coefficient (Wildman–Crippen LogP) is 1.25. The number of allylic oxidation sites excluding steroid dienone is 3. The molecule has 0 saturated carbocycles. The van der Waals surface area contributed by atoms with Gasteiger partial charge in [0.2, 0.25) is 0 Å². The molecule has 3 nitrogen and oxygen atoms in total. The van der Waals surface area contributed by atoms with Gasteiger partial charge >= 0.3 is 5.95 Å². The molecule has 1 aliphatic rings. The third kappa shape index (κ3) is 1.77. The fraction of sp³-hybridized carbons (Fsp3) is 0.250. The fourth-order valence-corrected chi connectivity index (χ4v) is 0.755. The van der Waals surface area contributed by atoms with E-state index in [1.54, 1.807) is 24.6 Å². The van der Waals surface area contributed by atoms with Crippen molar-refractivity contribution in [1.82, 2.24) is 4.90 Å². The number of ether oxygens (including phenoxy) is 1. The second-order valence-corrected chi connectivity index (χ2v) is 2.24. The van der Waals surface area contributed by atoms with Gasteiger partial charge in [-0.1, -0.05) is 0 Å². The molecule has 0 aliphatic carbocycles. The third-order valence-corrected chi connectivity index (χ3v) is 1.40. The minimum Gasteiger partial charge on any atom is -0.465 e. The minimum absolute atomic E-state index is 0.300. The van der Waals surface area contributed by atoms with Gasteiger partial charge in [0.25, 0.3) is 0 Å². The zero-order valence-corrected chi connectivity index (χ0v) is 6.57. The van der Waals surface area contributed by atoms with Crippen molar-refractivity contribution in [2.24, 2.45) is 0 Å². The molecule has 1 radical (unpaired) electrons. The summed E-state index contributed by atoms with van der Waals surface area (Å²) < 4.78 is 4.53. The van der Waals surface area contributed by atoms with Crippen LogP contribution in [0.2, 0.25) is 0 Å². The average Bonchev–Trinajstić information content (AvgIpc) is 2.05. The highest BCUT2D eigenvalue weighted by Gasteiger charge is 2.03. The maximum absolute atomic E-state index is 10.9. The molecule has 0 atom stereocenters. The second-order valence-electron chi connectivity index (χ2n) is 2.24. The van der Waals surface area contributed by atoms with Crippen LogP contribution in [0.5, 0.6) is 0 Å². The molecule has 0 N–H and O–H groups in total. The van der Waals surface area contributed by atoms with Gasteiger partial charge in [0.1, 0.15) is 0 Å². The summed E-state index contributed by atoms with van der Waals surface area (Å²) in [5.74, 6) is -0.300. The van der Waals surface area contributed by atoms with Crippen LogP contribution in [0, 0.1) is 0 Å². The Bertz CT molecular complexity index is 212. The van der Waals surface area contributed by atoms with E-state index in [0.29, 0.717) is 5.57 Å². The lowest BCUT2D eigenvalue weighted by Crippen LogP contribution is -2.04. The quantitative estimate of drug-likeness (QED) is 0.529. The van der Waals surface area contributed by atoms with E-state index < -0.39 is 0 Å². The maximum Gasteiger partial charge on any atom is 0.337 e. The van der Waals surface area contributed by atoms with Crippen molar-refractivity contribution in [3.8, 4) is 0 Å². The summed E-state index contributed by atoms with van der Waals surface area (Å²) >= 11 is 0. The smallest absolute Gasteiger partial charge is 0.337 e. The Kier molecular flexibility index (Phi) is 2.21. The zero-order valence-electron chi connectivity index (χ0n) is 6.57. The van der Waals surface area contributed by atoms with Gasteiger partial charge in [-0.2, -0.15) is 0 Å². The Labute approximate surface area is 65.9 Å². The molecule has 1 rings (SSSR count). The van der Waals surface area contributed by atoms with Crippen LogP contribution in [-0.2, 0) is 9.84 Å². The van der Waals surface area contributed by atoms with Crippen molar-refractivity contribution >= 4 is 0 Å². The highest BCUT2D eigenvalue weighted by molar-refractivity contribution is 5.33. The summed E-state index contributed by atoms with van der Waals surface area (Å²) in [7, 11) is 3.26. The number of nitrogens with zero attached hydrogens (tertiary/aromatic N) is 1. The summed E-state index contributed by atoms with van der Waals surface area (Å²) in [6, 6.07) is 0. The van der Waals surface area contributed by atoms with Crippen LogP contribution in [0.1, 0.15) is 0 Å². The molecular weight excluding hydrogens is 142 g/mol. The van der Waals surface area contributed by atoms with Gasteiger partial charge in [-0.05, 0) is 12.2 Å². The third-order valence-electron chi connectivity index (χ3n) is 1.40. The highest BCUT2D eigenvalue weighted by atomic mass is 16.6. The molecule has 0 aromatic rings. The SMILES string of the molecule is COC([O])=C1C=CN(C)C=C1. The summed E-state index contributed by atoms with van der Waals surface area (Å²) in [6.07, 6.45) is 7.02. The lowest BCUT2D eigenvalue weighted by molar-refractivity contribution is 0.0839. The van der Waals surface area contributed by atoms with Gasteiger partial charge in [-0.3, -0.25) is 0 Å². The number of rotatable bonds is 1. The van der Waals surface area contributed by atoms with Gasteiger partial charge in [0.15, 0.2) is 0 Å². The standard InChI is InChI=1S/C8H10NO2/c1-9-5-3-7(4-6-9)8(10)11-2/h3-6H,1-2H3. The van der Waals surface area contributed by atoms with Gasteiger partial charge in [0, 0.05) is 19.4 Å². The summed E-state index contributed by atoms with van der Waals surface area (Å²) in [6.45, 7) is 0. The molecule has 0 aromatic carbocycles. The van der Waals surface area contributed by atoms with E-state index in [0.717, 1.165) is 0 Å². The highest BCUT2D eigenvalue weighted by Crippen LogP contribution is 2.11. The normalized spacial score (nSPS) is 15.5. The average molecular weight is 152 g/mol. The van der Waals surface area contributed by atoms with E-state index in [2.05, 4.69) is 4.74 Å². The largest absolute Gasteiger partial charge is 0.465 e. The van der Waals surface area contributed by atoms with Crippen LogP contribution in [0.4, 0.5) is 0 Å². The summed E-state index contributed by atoms with van der Waals surface area (Å²) in [4.78, 5) is 1.85. The Morgan fingerprint density at radius 3 is 2.45 bits per heavy atom. The lowest BCUT2D eigenvalue weighted by atomic mass is 10.2. The van der Waals surface area contributed by atoms with Crippen molar-refractivity contribution < 1.29 is 9.84 Å². The first-order chi connectivity index (χ1) is 5.24. The number of hydrogen-bond acceptors (Lipinski definition) is 2. The van der Waals surface area contributed by atoms with Crippen molar-refractivity contribution in [3.05, 3.63) is 36.1 Å². The van der Waals surface area contributed by atoms with Gasteiger partial charge in [-0.15, -0.1) is 0 Å². The molecule has 0 fully saturated rings. The van der Waals surface area contributed by atoms with E-state index in [1.807, 2.05) is 11.9 Å².